The van der Waals surface area contributed by atoms with E-state index in [9.17, 15) is 4.79 Å². The molecule has 7 nitrogen and oxygen atoms in total. The van der Waals surface area contributed by atoms with Gasteiger partial charge in [-0.3, -0.25) is 4.79 Å². The molecule has 146 valence electrons. The van der Waals surface area contributed by atoms with Gasteiger partial charge in [-0.05, 0) is 54.5 Å². The van der Waals surface area contributed by atoms with Gasteiger partial charge in [-0.2, -0.15) is 9.61 Å². The predicted octanol–water partition coefficient (Wildman–Crippen LogP) is 4.21. The van der Waals surface area contributed by atoms with Crippen LogP contribution in [0, 0.1) is 6.92 Å². The number of amides is 1. The Bertz CT molecular complexity index is 1180. The molecule has 2 aromatic carbocycles. The number of ether oxygens (including phenoxy) is 1. The number of hydrogen-bond donors (Lipinski definition) is 1. The van der Waals surface area contributed by atoms with Gasteiger partial charge >= 0.3 is 0 Å². The Morgan fingerprint density at radius 1 is 1.14 bits per heavy atom. The average molecular weight is 405 g/mol. The van der Waals surface area contributed by atoms with E-state index in [1.807, 2.05) is 55.5 Å². The molecule has 0 saturated carbocycles. The van der Waals surface area contributed by atoms with E-state index in [4.69, 9.17) is 4.74 Å². The number of nitrogens with zero attached hydrogens (tertiary/aromatic N) is 4. The summed E-state index contributed by atoms with van der Waals surface area (Å²) in [5.74, 6) is 1.41. The lowest BCUT2D eigenvalue weighted by Crippen LogP contribution is -2.11. The Balaban J connectivity index is 1.39. The van der Waals surface area contributed by atoms with E-state index in [2.05, 4.69) is 27.2 Å². The van der Waals surface area contributed by atoms with Crippen molar-refractivity contribution in [3.63, 3.8) is 0 Å². The summed E-state index contributed by atoms with van der Waals surface area (Å²) in [4.78, 5) is 13.1. The van der Waals surface area contributed by atoms with Crippen molar-refractivity contribution >= 4 is 33.5 Å². The second-order valence-electron chi connectivity index (χ2n) is 6.48. The summed E-state index contributed by atoms with van der Waals surface area (Å²) in [7, 11) is 1.62. The van der Waals surface area contributed by atoms with Crippen LogP contribution in [0.1, 0.15) is 17.8 Å². The summed E-state index contributed by atoms with van der Waals surface area (Å²) in [6.07, 6.45) is 0.212. The van der Waals surface area contributed by atoms with Gasteiger partial charge in [0.05, 0.1) is 13.5 Å². The van der Waals surface area contributed by atoms with Gasteiger partial charge in [-0.15, -0.1) is 10.2 Å². The summed E-state index contributed by atoms with van der Waals surface area (Å²) >= 11 is 1.47. The Hall–Kier alpha value is -3.52. The quantitative estimate of drug-likeness (QED) is 0.520. The zero-order chi connectivity index (χ0) is 20.4. The van der Waals surface area contributed by atoms with Crippen molar-refractivity contribution in [3.8, 4) is 16.3 Å². The maximum absolute atomic E-state index is 12.4. The molecule has 0 unspecified atom stereocenters. The molecular weight excluding hydrogens is 386 g/mol. The van der Waals surface area contributed by atoms with Crippen molar-refractivity contribution < 1.29 is 9.53 Å². The minimum absolute atomic E-state index is 0.118. The molecule has 0 aliphatic heterocycles. The summed E-state index contributed by atoms with van der Waals surface area (Å²) < 4.78 is 6.87. The molecule has 0 aliphatic rings. The Labute approximate surface area is 171 Å². The van der Waals surface area contributed by atoms with Gasteiger partial charge in [0.15, 0.2) is 5.82 Å². The van der Waals surface area contributed by atoms with E-state index in [-0.39, 0.29) is 12.3 Å². The highest BCUT2D eigenvalue weighted by molar-refractivity contribution is 7.19. The Morgan fingerprint density at radius 2 is 1.86 bits per heavy atom. The summed E-state index contributed by atoms with van der Waals surface area (Å²) in [6.45, 7) is 5.88. The number of carbonyl (C=O) groups is 1. The first kappa shape index (κ1) is 18.8. The number of methoxy groups -OCH3 is 1. The molecule has 0 fully saturated rings. The van der Waals surface area contributed by atoms with Crippen molar-refractivity contribution in [3.05, 3.63) is 66.5 Å². The number of aromatic nitrogens is 4. The third-order valence-electron chi connectivity index (χ3n) is 4.43. The smallest absolute Gasteiger partial charge is 0.234 e. The summed E-state index contributed by atoms with van der Waals surface area (Å²) in [6, 6.07) is 15.1. The Morgan fingerprint density at radius 3 is 2.52 bits per heavy atom. The highest BCUT2D eigenvalue weighted by Crippen LogP contribution is 2.27. The van der Waals surface area contributed by atoms with Crippen LogP contribution < -0.4 is 10.1 Å². The van der Waals surface area contributed by atoms with E-state index < -0.39 is 0 Å². The van der Waals surface area contributed by atoms with Gasteiger partial charge < -0.3 is 10.1 Å². The van der Waals surface area contributed by atoms with Crippen LogP contribution in [0.2, 0.25) is 0 Å². The first-order chi connectivity index (χ1) is 14.0. The van der Waals surface area contributed by atoms with Crippen molar-refractivity contribution in [2.45, 2.75) is 13.3 Å². The van der Waals surface area contributed by atoms with Crippen LogP contribution in [0.25, 0.3) is 21.1 Å². The van der Waals surface area contributed by atoms with E-state index in [0.717, 1.165) is 43.9 Å². The molecule has 29 heavy (non-hydrogen) atoms. The number of anilines is 1. The molecular formula is C21H19N5O2S. The molecule has 0 saturated heterocycles. The van der Waals surface area contributed by atoms with E-state index in [1.165, 1.54) is 11.3 Å². The third-order valence-corrected chi connectivity index (χ3v) is 5.38. The second kappa shape index (κ2) is 7.84. The lowest BCUT2D eigenvalue weighted by Gasteiger charge is -2.09. The Kier molecular flexibility index (Phi) is 5.09. The highest BCUT2D eigenvalue weighted by atomic mass is 32.1. The first-order valence-corrected chi connectivity index (χ1v) is 9.76. The van der Waals surface area contributed by atoms with Crippen molar-refractivity contribution in [1.82, 2.24) is 19.8 Å². The largest absolute Gasteiger partial charge is 0.497 e. The van der Waals surface area contributed by atoms with Crippen LogP contribution in [-0.4, -0.2) is 32.8 Å². The molecule has 1 N–H and O–H groups in total. The first-order valence-electron chi connectivity index (χ1n) is 8.95. The summed E-state index contributed by atoms with van der Waals surface area (Å²) in [5.41, 5.74) is 3.34. The van der Waals surface area contributed by atoms with E-state index in [1.54, 1.807) is 11.6 Å². The van der Waals surface area contributed by atoms with Gasteiger partial charge in [-0.25, -0.2) is 0 Å². The molecule has 4 aromatic rings. The van der Waals surface area contributed by atoms with Gasteiger partial charge in [0, 0.05) is 11.3 Å². The lowest BCUT2D eigenvalue weighted by atomic mass is 10.0. The topological polar surface area (TPSA) is 81.4 Å². The summed E-state index contributed by atoms with van der Waals surface area (Å²) in [5, 5.41) is 16.3. The SMILES string of the molecule is C=C(CC(=O)Nc1ccc(-c2nn3c(C)nnc3s2)cc1)c1ccc(OC)cc1. The zero-order valence-electron chi connectivity index (χ0n) is 16.0. The number of nitrogens with one attached hydrogen (secondary N) is 1. The van der Waals surface area contributed by atoms with Gasteiger partial charge in [0.2, 0.25) is 10.9 Å². The number of fused-ring (bicyclic) bond motifs is 1. The number of benzene rings is 2. The minimum atomic E-state index is -0.118. The van der Waals surface area contributed by atoms with Crippen LogP contribution in [-0.2, 0) is 4.79 Å². The molecule has 0 spiro atoms. The monoisotopic (exact) mass is 405 g/mol. The highest BCUT2D eigenvalue weighted by Gasteiger charge is 2.11. The van der Waals surface area contributed by atoms with Crippen LogP contribution in [0.15, 0.2) is 55.1 Å². The normalized spacial score (nSPS) is 10.8. The van der Waals surface area contributed by atoms with E-state index >= 15 is 0 Å². The standard InChI is InChI=1S/C21H19N5O2S/c1-13(15-6-10-18(28-3)11-7-15)12-19(27)22-17-8-4-16(5-9-17)20-25-26-14(2)23-24-21(26)29-20/h4-11H,1,12H2,2-3H3,(H,22,27). The van der Waals surface area contributed by atoms with Crippen molar-refractivity contribution in [2.75, 3.05) is 12.4 Å². The molecule has 4 rings (SSSR count). The van der Waals surface area contributed by atoms with Crippen molar-refractivity contribution in [2.24, 2.45) is 0 Å². The number of aryl methyl sites for hydroxylation is 1. The molecule has 0 bridgehead atoms. The number of carbonyl (C=O) groups excluding carboxylic acids is 1. The second-order valence-corrected chi connectivity index (χ2v) is 7.44. The number of rotatable bonds is 6. The predicted molar refractivity (Wildman–Crippen MR) is 114 cm³/mol. The fraction of sp³-hybridized carbons (Fsp3) is 0.143. The maximum atomic E-state index is 12.4. The molecule has 2 aromatic heterocycles. The molecule has 1 amide bonds. The molecule has 8 heteroatoms. The van der Waals surface area contributed by atoms with Crippen molar-refractivity contribution in [1.29, 1.82) is 0 Å². The fourth-order valence-electron chi connectivity index (χ4n) is 2.86. The molecule has 2 heterocycles. The average Bonchev–Trinajstić information content (AvgIpc) is 3.30. The molecule has 0 atom stereocenters. The van der Waals surface area contributed by atoms with Gasteiger partial charge in [0.1, 0.15) is 10.8 Å². The lowest BCUT2D eigenvalue weighted by molar-refractivity contribution is -0.115. The van der Waals surface area contributed by atoms with E-state index in [0.29, 0.717) is 0 Å². The van der Waals surface area contributed by atoms with Gasteiger partial charge in [0.25, 0.3) is 0 Å². The number of hydrogen-bond acceptors (Lipinski definition) is 6. The molecule has 0 aliphatic carbocycles. The van der Waals surface area contributed by atoms with Crippen LogP contribution >= 0.6 is 11.3 Å². The minimum Gasteiger partial charge on any atom is -0.497 e. The molecule has 0 radical (unpaired) electrons. The van der Waals surface area contributed by atoms with Crippen LogP contribution in [0.3, 0.4) is 0 Å². The van der Waals surface area contributed by atoms with Crippen LogP contribution in [0.4, 0.5) is 5.69 Å². The third kappa shape index (κ3) is 4.02. The zero-order valence-corrected chi connectivity index (χ0v) is 16.9. The van der Waals surface area contributed by atoms with Gasteiger partial charge in [-0.1, -0.05) is 30.0 Å². The fourth-order valence-corrected chi connectivity index (χ4v) is 3.75. The van der Waals surface area contributed by atoms with Crippen LogP contribution in [0.5, 0.6) is 5.75 Å². The maximum Gasteiger partial charge on any atom is 0.234 e.